The van der Waals surface area contributed by atoms with Gasteiger partial charge < -0.3 is 24.9 Å². The first kappa shape index (κ1) is 9.60. The molecule has 12 heavy (non-hydrogen) atoms. The van der Waals surface area contributed by atoms with E-state index in [1.165, 1.54) is 0 Å². The Morgan fingerprint density at radius 1 is 1.42 bits per heavy atom. The Balaban J connectivity index is 2.58. The molecular formula is C7H12O5. The van der Waals surface area contributed by atoms with Crippen LogP contribution in [0.1, 0.15) is 0 Å². The van der Waals surface area contributed by atoms with Crippen molar-refractivity contribution in [1.82, 2.24) is 0 Å². The molecule has 70 valence electrons. The summed E-state index contributed by atoms with van der Waals surface area (Å²) in [6.45, 7) is -0.309. The van der Waals surface area contributed by atoms with Gasteiger partial charge in [-0.2, -0.15) is 0 Å². The van der Waals surface area contributed by atoms with Crippen LogP contribution in [-0.2, 0) is 9.53 Å². The van der Waals surface area contributed by atoms with Gasteiger partial charge in [-0.25, -0.2) is 0 Å². The molecule has 0 saturated carbocycles. The Labute approximate surface area is 69.6 Å². The van der Waals surface area contributed by atoms with E-state index in [1.54, 1.807) is 0 Å². The Bertz CT molecular complexity index is 160. The molecule has 1 heterocycles. The SMILES string of the molecule is O=CC1COC(CO)C(O)C1O. The van der Waals surface area contributed by atoms with Gasteiger partial charge >= 0.3 is 0 Å². The highest BCUT2D eigenvalue weighted by Gasteiger charge is 2.37. The normalized spacial score (nSPS) is 42.6. The molecule has 1 aliphatic rings. The van der Waals surface area contributed by atoms with Crippen molar-refractivity contribution in [3.63, 3.8) is 0 Å². The Kier molecular flexibility index (Phi) is 3.16. The second kappa shape index (κ2) is 3.95. The van der Waals surface area contributed by atoms with Crippen molar-refractivity contribution in [2.24, 2.45) is 5.92 Å². The first-order valence-electron chi connectivity index (χ1n) is 3.74. The standard InChI is InChI=1S/C7H12O5/c8-1-4-3-12-5(2-9)7(11)6(4)10/h1,4-7,9-11H,2-3H2. The highest BCUT2D eigenvalue weighted by Crippen LogP contribution is 2.18. The molecule has 5 nitrogen and oxygen atoms in total. The predicted octanol–water partition coefficient (Wildman–Crippen LogP) is -2.09. The van der Waals surface area contributed by atoms with Crippen molar-refractivity contribution >= 4 is 6.29 Å². The quantitative estimate of drug-likeness (QED) is 0.420. The highest BCUT2D eigenvalue weighted by atomic mass is 16.5. The highest BCUT2D eigenvalue weighted by molar-refractivity contribution is 5.55. The lowest BCUT2D eigenvalue weighted by Crippen LogP contribution is -2.51. The van der Waals surface area contributed by atoms with Crippen LogP contribution in [0, 0.1) is 5.92 Å². The Morgan fingerprint density at radius 2 is 2.08 bits per heavy atom. The molecule has 1 fully saturated rings. The van der Waals surface area contributed by atoms with E-state index in [9.17, 15) is 15.0 Å². The van der Waals surface area contributed by atoms with Gasteiger partial charge in [-0.1, -0.05) is 0 Å². The summed E-state index contributed by atoms with van der Waals surface area (Å²) in [5, 5.41) is 27.2. The van der Waals surface area contributed by atoms with Crippen molar-refractivity contribution in [2.45, 2.75) is 18.3 Å². The zero-order valence-corrected chi connectivity index (χ0v) is 6.46. The van der Waals surface area contributed by atoms with Crippen molar-refractivity contribution in [3.8, 4) is 0 Å². The summed E-state index contributed by atoms with van der Waals surface area (Å²) in [6.07, 6.45) is -2.55. The van der Waals surface area contributed by atoms with E-state index >= 15 is 0 Å². The minimum atomic E-state index is -1.18. The minimum absolute atomic E-state index is 0.0486. The Hall–Kier alpha value is -0.490. The first-order chi connectivity index (χ1) is 5.70. The fourth-order valence-corrected chi connectivity index (χ4v) is 1.19. The molecule has 0 aliphatic carbocycles. The summed E-state index contributed by atoms with van der Waals surface area (Å²) in [5.74, 6) is -0.692. The number of carbonyl (C=O) groups excluding carboxylic acids is 1. The number of aliphatic hydroxyl groups is 3. The maximum atomic E-state index is 10.3. The predicted molar refractivity (Wildman–Crippen MR) is 38.4 cm³/mol. The third-order valence-corrected chi connectivity index (χ3v) is 2.03. The molecule has 1 aliphatic heterocycles. The van der Waals surface area contributed by atoms with E-state index in [2.05, 4.69) is 0 Å². The molecule has 3 N–H and O–H groups in total. The average Bonchev–Trinajstić information content (AvgIpc) is 2.10. The largest absolute Gasteiger partial charge is 0.394 e. The Morgan fingerprint density at radius 3 is 2.58 bits per heavy atom. The summed E-state index contributed by atoms with van der Waals surface area (Å²) in [4.78, 5) is 10.3. The van der Waals surface area contributed by atoms with Gasteiger partial charge in [0.1, 0.15) is 18.5 Å². The number of ether oxygens (including phenoxy) is 1. The van der Waals surface area contributed by atoms with Crippen LogP contribution < -0.4 is 0 Å². The molecular weight excluding hydrogens is 164 g/mol. The molecule has 0 spiro atoms. The van der Waals surface area contributed by atoms with Gasteiger partial charge in [-0.15, -0.1) is 0 Å². The van der Waals surface area contributed by atoms with Crippen LogP contribution in [0.3, 0.4) is 0 Å². The summed E-state index contributed by atoms with van der Waals surface area (Å²) in [5.41, 5.74) is 0. The molecule has 0 aromatic carbocycles. The van der Waals surface area contributed by atoms with Gasteiger partial charge in [0.2, 0.25) is 0 Å². The zero-order chi connectivity index (χ0) is 9.14. The number of carbonyl (C=O) groups is 1. The van der Waals surface area contributed by atoms with Crippen LogP contribution in [0.15, 0.2) is 0 Å². The number of aliphatic hydroxyl groups excluding tert-OH is 3. The summed E-state index contributed by atoms with van der Waals surface area (Å²) >= 11 is 0. The van der Waals surface area contributed by atoms with Gasteiger partial charge in [0.15, 0.2) is 0 Å². The van der Waals surface area contributed by atoms with Gasteiger partial charge in [-0.05, 0) is 0 Å². The molecule has 5 heteroatoms. The van der Waals surface area contributed by atoms with E-state index in [4.69, 9.17) is 9.84 Å². The molecule has 0 bridgehead atoms. The van der Waals surface area contributed by atoms with Crippen molar-refractivity contribution in [1.29, 1.82) is 0 Å². The van der Waals surface area contributed by atoms with Crippen LogP contribution in [0.5, 0.6) is 0 Å². The topological polar surface area (TPSA) is 87.0 Å². The molecule has 0 amide bonds. The molecule has 1 rings (SSSR count). The van der Waals surface area contributed by atoms with E-state index in [0.717, 1.165) is 0 Å². The van der Waals surface area contributed by atoms with Crippen molar-refractivity contribution in [2.75, 3.05) is 13.2 Å². The summed E-state index contributed by atoms with van der Waals surface area (Å²) in [6, 6.07) is 0. The molecule has 1 saturated heterocycles. The smallest absolute Gasteiger partial charge is 0.128 e. The van der Waals surface area contributed by atoms with E-state index in [1.807, 2.05) is 0 Å². The van der Waals surface area contributed by atoms with Crippen LogP contribution >= 0.6 is 0 Å². The summed E-state index contributed by atoms with van der Waals surface area (Å²) < 4.78 is 4.92. The monoisotopic (exact) mass is 176 g/mol. The van der Waals surface area contributed by atoms with Crippen molar-refractivity contribution < 1.29 is 24.9 Å². The van der Waals surface area contributed by atoms with Gasteiger partial charge in [0.25, 0.3) is 0 Å². The van der Waals surface area contributed by atoms with E-state index in [0.29, 0.717) is 6.29 Å². The zero-order valence-electron chi connectivity index (χ0n) is 6.46. The van der Waals surface area contributed by atoms with E-state index in [-0.39, 0.29) is 13.2 Å². The molecule has 4 atom stereocenters. The second-order valence-electron chi connectivity index (χ2n) is 2.84. The third-order valence-electron chi connectivity index (χ3n) is 2.03. The minimum Gasteiger partial charge on any atom is -0.394 e. The maximum absolute atomic E-state index is 10.3. The molecule has 0 radical (unpaired) electrons. The third kappa shape index (κ3) is 1.64. The van der Waals surface area contributed by atoms with Crippen molar-refractivity contribution in [3.05, 3.63) is 0 Å². The number of hydrogen-bond acceptors (Lipinski definition) is 5. The molecule has 0 aromatic rings. The maximum Gasteiger partial charge on any atom is 0.128 e. The van der Waals surface area contributed by atoms with Gasteiger partial charge in [0, 0.05) is 0 Å². The second-order valence-corrected chi connectivity index (χ2v) is 2.84. The van der Waals surface area contributed by atoms with Gasteiger partial charge in [0.05, 0.1) is 25.2 Å². The van der Waals surface area contributed by atoms with E-state index < -0.39 is 24.2 Å². The van der Waals surface area contributed by atoms with Crippen LogP contribution in [0.2, 0.25) is 0 Å². The molecule has 0 aromatic heterocycles. The van der Waals surface area contributed by atoms with Gasteiger partial charge in [-0.3, -0.25) is 0 Å². The first-order valence-corrected chi connectivity index (χ1v) is 3.74. The van der Waals surface area contributed by atoms with Crippen LogP contribution in [0.25, 0.3) is 0 Å². The lowest BCUT2D eigenvalue weighted by Gasteiger charge is -2.34. The summed E-state index contributed by atoms with van der Waals surface area (Å²) in [7, 11) is 0. The fourth-order valence-electron chi connectivity index (χ4n) is 1.19. The lowest BCUT2D eigenvalue weighted by atomic mass is 9.94. The number of hydrogen-bond donors (Lipinski definition) is 3. The van der Waals surface area contributed by atoms with Crippen LogP contribution in [0.4, 0.5) is 0 Å². The lowest BCUT2D eigenvalue weighted by molar-refractivity contribution is -0.174. The molecule has 4 unspecified atom stereocenters. The number of rotatable bonds is 2. The number of aldehydes is 1. The fraction of sp³-hybridized carbons (Fsp3) is 0.857. The van der Waals surface area contributed by atoms with Crippen LogP contribution in [-0.4, -0.2) is 53.1 Å². The average molecular weight is 176 g/mol.